The van der Waals surface area contributed by atoms with E-state index in [9.17, 15) is 9.18 Å². The first-order valence-corrected chi connectivity index (χ1v) is 12.6. The summed E-state index contributed by atoms with van der Waals surface area (Å²) < 4.78 is 30.0. The first-order chi connectivity index (χ1) is 17.5. The molecule has 36 heavy (non-hydrogen) atoms. The Morgan fingerprint density at radius 1 is 0.972 bits per heavy atom. The highest BCUT2D eigenvalue weighted by Crippen LogP contribution is 2.36. The van der Waals surface area contributed by atoms with Crippen LogP contribution in [-0.4, -0.2) is 42.0 Å². The molecule has 3 aromatic rings. The molecule has 0 unspecified atom stereocenters. The van der Waals surface area contributed by atoms with E-state index in [0.29, 0.717) is 29.7 Å². The fourth-order valence-electron chi connectivity index (χ4n) is 5.24. The van der Waals surface area contributed by atoms with Crippen LogP contribution in [0.15, 0.2) is 48.5 Å². The summed E-state index contributed by atoms with van der Waals surface area (Å²) in [6.07, 6.45) is 6.62. The van der Waals surface area contributed by atoms with Gasteiger partial charge in [-0.25, -0.2) is 9.37 Å². The Bertz CT molecular complexity index is 1380. The van der Waals surface area contributed by atoms with Gasteiger partial charge in [0.1, 0.15) is 11.6 Å². The SMILES string of the molecule is Nc1nc(F)c(-c2ccc(C3=CCN(CC4CC4)CC3)cc2)cc1-c1cc2c(cc1F)C(=O)NCC2. The molecule has 2 aliphatic heterocycles. The number of anilines is 1. The van der Waals surface area contributed by atoms with Crippen molar-refractivity contribution in [2.45, 2.75) is 25.7 Å². The van der Waals surface area contributed by atoms with Crippen molar-refractivity contribution in [1.82, 2.24) is 15.2 Å². The van der Waals surface area contributed by atoms with Crippen LogP contribution >= 0.6 is 0 Å². The van der Waals surface area contributed by atoms with E-state index in [1.54, 1.807) is 12.1 Å². The molecule has 1 fully saturated rings. The average Bonchev–Trinajstić information content (AvgIpc) is 3.69. The zero-order valence-corrected chi connectivity index (χ0v) is 20.0. The number of carbonyl (C=O) groups is 1. The number of amides is 1. The van der Waals surface area contributed by atoms with Gasteiger partial charge < -0.3 is 11.1 Å². The number of nitrogens with one attached hydrogen (secondary N) is 1. The third-order valence-electron chi connectivity index (χ3n) is 7.49. The van der Waals surface area contributed by atoms with Gasteiger partial charge in [-0.2, -0.15) is 4.39 Å². The van der Waals surface area contributed by atoms with Crippen molar-refractivity contribution in [2.24, 2.45) is 5.92 Å². The Labute approximate surface area is 209 Å². The molecule has 6 rings (SSSR count). The molecule has 0 radical (unpaired) electrons. The number of nitrogen functional groups attached to an aromatic ring is 1. The molecule has 184 valence electrons. The van der Waals surface area contributed by atoms with Gasteiger partial charge in [-0.3, -0.25) is 9.69 Å². The second-order valence-corrected chi connectivity index (χ2v) is 10.0. The molecular weight excluding hydrogens is 458 g/mol. The van der Waals surface area contributed by atoms with Gasteiger partial charge in [-0.15, -0.1) is 0 Å². The topological polar surface area (TPSA) is 71.2 Å². The fourth-order valence-corrected chi connectivity index (χ4v) is 5.24. The Morgan fingerprint density at radius 3 is 2.47 bits per heavy atom. The molecule has 0 atom stereocenters. The van der Waals surface area contributed by atoms with Crippen molar-refractivity contribution in [2.75, 3.05) is 31.9 Å². The van der Waals surface area contributed by atoms with Crippen LogP contribution in [0, 0.1) is 17.7 Å². The summed E-state index contributed by atoms with van der Waals surface area (Å²) in [5.41, 5.74) is 11.0. The second kappa shape index (κ2) is 9.13. The number of nitrogens with two attached hydrogens (primary N) is 1. The maximum Gasteiger partial charge on any atom is 0.251 e. The summed E-state index contributed by atoms with van der Waals surface area (Å²) in [6, 6.07) is 12.2. The van der Waals surface area contributed by atoms with Gasteiger partial charge in [-0.1, -0.05) is 30.3 Å². The first-order valence-electron chi connectivity index (χ1n) is 12.6. The van der Waals surface area contributed by atoms with Crippen LogP contribution in [0.2, 0.25) is 0 Å². The van der Waals surface area contributed by atoms with Crippen LogP contribution in [0.3, 0.4) is 0 Å². The number of benzene rings is 2. The third-order valence-corrected chi connectivity index (χ3v) is 7.49. The van der Waals surface area contributed by atoms with Gasteiger partial charge in [-0.05, 0) is 72.1 Å². The normalized spacial score (nSPS) is 17.9. The molecule has 7 heteroatoms. The van der Waals surface area contributed by atoms with Gasteiger partial charge in [0.2, 0.25) is 5.95 Å². The Kier molecular flexibility index (Phi) is 5.80. The highest BCUT2D eigenvalue weighted by Gasteiger charge is 2.25. The van der Waals surface area contributed by atoms with Crippen molar-refractivity contribution in [3.8, 4) is 22.3 Å². The van der Waals surface area contributed by atoms with Crippen LogP contribution in [0.5, 0.6) is 0 Å². The van der Waals surface area contributed by atoms with E-state index in [1.807, 2.05) is 24.3 Å². The van der Waals surface area contributed by atoms with E-state index in [4.69, 9.17) is 5.73 Å². The lowest BCUT2D eigenvalue weighted by atomic mass is 9.93. The summed E-state index contributed by atoms with van der Waals surface area (Å²) in [5.74, 6) is -0.783. The molecule has 1 saturated carbocycles. The number of halogens is 2. The van der Waals surface area contributed by atoms with Crippen molar-refractivity contribution < 1.29 is 13.6 Å². The highest BCUT2D eigenvalue weighted by atomic mass is 19.1. The number of aromatic nitrogens is 1. The van der Waals surface area contributed by atoms with E-state index in [-0.39, 0.29) is 22.9 Å². The lowest BCUT2D eigenvalue weighted by Gasteiger charge is -2.26. The molecule has 0 bridgehead atoms. The number of pyridine rings is 1. The summed E-state index contributed by atoms with van der Waals surface area (Å²) in [7, 11) is 0. The minimum absolute atomic E-state index is 0.0879. The predicted molar refractivity (Wildman–Crippen MR) is 137 cm³/mol. The summed E-state index contributed by atoms with van der Waals surface area (Å²) in [4.78, 5) is 18.5. The van der Waals surface area contributed by atoms with E-state index >= 15 is 4.39 Å². The number of nitrogens with zero attached hydrogens (tertiary/aromatic N) is 2. The lowest BCUT2D eigenvalue weighted by Crippen LogP contribution is -2.32. The van der Waals surface area contributed by atoms with Crippen LogP contribution in [-0.2, 0) is 6.42 Å². The molecule has 2 aromatic carbocycles. The Morgan fingerprint density at radius 2 is 1.75 bits per heavy atom. The molecule has 1 amide bonds. The summed E-state index contributed by atoms with van der Waals surface area (Å²) >= 11 is 0. The van der Waals surface area contributed by atoms with Gasteiger partial charge in [0.05, 0.1) is 0 Å². The molecule has 5 nitrogen and oxygen atoms in total. The number of hydrogen-bond donors (Lipinski definition) is 2. The smallest absolute Gasteiger partial charge is 0.251 e. The largest absolute Gasteiger partial charge is 0.383 e. The molecule has 3 N–H and O–H groups in total. The Balaban J connectivity index is 1.29. The zero-order valence-electron chi connectivity index (χ0n) is 20.0. The van der Waals surface area contributed by atoms with Crippen LogP contribution < -0.4 is 11.1 Å². The molecule has 1 aliphatic carbocycles. The summed E-state index contributed by atoms with van der Waals surface area (Å²) in [6.45, 7) is 3.73. The fraction of sp³-hybridized carbons (Fsp3) is 0.310. The second-order valence-electron chi connectivity index (χ2n) is 10.0. The van der Waals surface area contributed by atoms with Crippen LogP contribution in [0.4, 0.5) is 14.6 Å². The van der Waals surface area contributed by atoms with Crippen LogP contribution in [0.1, 0.15) is 40.7 Å². The molecule has 3 heterocycles. The van der Waals surface area contributed by atoms with E-state index in [2.05, 4.69) is 21.3 Å². The maximum absolute atomic E-state index is 15.0. The highest BCUT2D eigenvalue weighted by molar-refractivity contribution is 5.97. The van der Waals surface area contributed by atoms with E-state index in [0.717, 1.165) is 36.6 Å². The molecule has 1 aromatic heterocycles. The minimum Gasteiger partial charge on any atom is -0.383 e. The first kappa shape index (κ1) is 22.9. The van der Waals surface area contributed by atoms with Gasteiger partial charge >= 0.3 is 0 Å². The Hall–Kier alpha value is -3.58. The van der Waals surface area contributed by atoms with Crippen molar-refractivity contribution in [3.05, 3.63) is 77.0 Å². The third kappa shape index (κ3) is 4.39. The van der Waals surface area contributed by atoms with Crippen molar-refractivity contribution in [3.63, 3.8) is 0 Å². The monoisotopic (exact) mass is 486 g/mol. The van der Waals surface area contributed by atoms with E-state index in [1.165, 1.54) is 31.0 Å². The molecular formula is C29H28F2N4O. The maximum atomic E-state index is 15.0. The van der Waals surface area contributed by atoms with Crippen molar-refractivity contribution in [1.29, 1.82) is 0 Å². The van der Waals surface area contributed by atoms with Crippen molar-refractivity contribution >= 4 is 17.3 Å². The molecule has 3 aliphatic rings. The van der Waals surface area contributed by atoms with E-state index < -0.39 is 11.8 Å². The summed E-state index contributed by atoms with van der Waals surface area (Å²) in [5, 5.41) is 2.72. The number of carbonyl (C=O) groups excluding carboxylic acids is 1. The molecule has 0 saturated heterocycles. The van der Waals surface area contributed by atoms with Gasteiger partial charge in [0.25, 0.3) is 5.91 Å². The van der Waals surface area contributed by atoms with Gasteiger partial charge in [0.15, 0.2) is 0 Å². The zero-order chi connectivity index (χ0) is 24.8. The standard InChI is InChI=1S/C29H28F2N4O/c30-26-15-23-21(7-10-33-29(23)36)13-24(26)25-14-22(27(31)34-28(25)32)20-5-3-18(4-6-20)19-8-11-35(12-9-19)16-17-1-2-17/h3-6,8,13-15,17H,1-2,7,9-12,16H2,(H2,32,34)(H,33,36). The average molecular weight is 487 g/mol. The lowest BCUT2D eigenvalue weighted by molar-refractivity contribution is 0.0945. The number of fused-ring (bicyclic) bond motifs is 1. The minimum atomic E-state index is -0.700. The van der Waals surface area contributed by atoms with Crippen LogP contribution in [0.25, 0.3) is 27.8 Å². The number of rotatable bonds is 5. The number of hydrogen-bond acceptors (Lipinski definition) is 4. The predicted octanol–water partition coefficient (Wildman–Crippen LogP) is 5.06. The quantitative estimate of drug-likeness (QED) is 0.495. The van der Waals surface area contributed by atoms with Gasteiger partial charge in [0, 0.05) is 48.4 Å². The molecule has 0 spiro atoms.